The number of rotatable bonds is 3. The van der Waals surface area contributed by atoms with E-state index in [4.69, 9.17) is 4.52 Å². The van der Waals surface area contributed by atoms with Crippen LogP contribution in [0.3, 0.4) is 0 Å². The van der Waals surface area contributed by atoms with Crippen LogP contribution in [0.5, 0.6) is 0 Å². The summed E-state index contributed by atoms with van der Waals surface area (Å²) in [4.78, 5) is 4.03. The smallest absolute Gasteiger partial charge is 0.339 e. The van der Waals surface area contributed by atoms with Crippen molar-refractivity contribution >= 4 is 12.4 Å². The molecule has 0 bridgehead atoms. The van der Waals surface area contributed by atoms with Crippen LogP contribution in [0.25, 0.3) is 11.4 Å². The van der Waals surface area contributed by atoms with Crippen LogP contribution in [0.4, 0.5) is 26.3 Å². The summed E-state index contributed by atoms with van der Waals surface area (Å²) in [5.41, 5.74) is -3.32. The molecule has 0 atom stereocenters. The van der Waals surface area contributed by atoms with E-state index >= 15 is 0 Å². The Labute approximate surface area is 163 Å². The van der Waals surface area contributed by atoms with Gasteiger partial charge in [-0.25, -0.2) is 0 Å². The predicted molar refractivity (Wildman–Crippen MR) is 90.9 cm³/mol. The molecule has 1 fully saturated rings. The molecular formula is C17H18ClF6N3O. The Morgan fingerprint density at radius 2 is 1.54 bits per heavy atom. The van der Waals surface area contributed by atoms with Crippen LogP contribution >= 0.6 is 12.4 Å². The minimum atomic E-state index is -4.93. The third kappa shape index (κ3) is 5.16. The first kappa shape index (κ1) is 22.5. The van der Waals surface area contributed by atoms with Gasteiger partial charge in [0.1, 0.15) is 0 Å². The van der Waals surface area contributed by atoms with Gasteiger partial charge < -0.3 is 9.84 Å². The van der Waals surface area contributed by atoms with E-state index in [1.54, 1.807) is 0 Å². The molecule has 28 heavy (non-hydrogen) atoms. The van der Waals surface area contributed by atoms with Crippen molar-refractivity contribution in [3.05, 3.63) is 35.2 Å². The summed E-state index contributed by atoms with van der Waals surface area (Å²) >= 11 is 0. The minimum absolute atomic E-state index is 0. The number of nitrogens with one attached hydrogen (secondary N) is 1. The Hall–Kier alpha value is -1.81. The van der Waals surface area contributed by atoms with Gasteiger partial charge in [0.2, 0.25) is 11.7 Å². The molecule has 2 aromatic rings. The van der Waals surface area contributed by atoms with E-state index in [1.807, 2.05) is 6.92 Å². The van der Waals surface area contributed by atoms with E-state index in [0.29, 0.717) is 18.6 Å². The Morgan fingerprint density at radius 1 is 1.00 bits per heavy atom. The van der Waals surface area contributed by atoms with E-state index in [-0.39, 0.29) is 41.2 Å². The number of piperidine rings is 1. The van der Waals surface area contributed by atoms with E-state index < -0.39 is 23.5 Å². The van der Waals surface area contributed by atoms with Crippen molar-refractivity contribution in [1.29, 1.82) is 0 Å². The number of halogens is 7. The Morgan fingerprint density at radius 3 is 2.04 bits per heavy atom. The monoisotopic (exact) mass is 429 g/mol. The van der Waals surface area contributed by atoms with Crippen LogP contribution < -0.4 is 5.32 Å². The van der Waals surface area contributed by atoms with Crippen molar-refractivity contribution in [2.45, 2.75) is 38.5 Å². The normalized spacial score (nSPS) is 17.2. The first-order valence-electron chi connectivity index (χ1n) is 8.29. The maximum Gasteiger partial charge on any atom is 0.416 e. The lowest BCUT2D eigenvalue weighted by Gasteiger charge is -2.32. The molecule has 0 radical (unpaired) electrons. The zero-order valence-electron chi connectivity index (χ0n) is 14.7. The summed E-state index contributed by atoms with van der Waals surface area (Å²) < 4.78 is 83.0. The first-order valence-corrected chi connectivity index (χ1v) is 8.29. The molecule has 0 saturated carbocycles. The number of alkyl halides is 6. The molecule has 1 aromatic heterocycles. The quantitative estimate of drug-likeness (QED) is 0.687. The van der Waals surface area contributed by atoms with Crippen LogP contribution in [-0.2, 0) is 18.8 Å². The fourth-order valence-corrected chi connectivity index (χ4v) is 3.10. The lowest BCUT2D eigenvalue weighted by atomic mass is 9.78. The maximum atomic E-state index is 13.0. The zero-order valence-corrected chi connectivity index (χ0v) is 15.6. The van der Waals surface area contributed by atoms with Gasteiger partial charge in [-0.1, -0.05) is 12.1 Å². The summed E-state index contributed by atoms with van der Waals surface area (Å²) in [6.45, 7) is 3.67. The predicted octanol–water partition coefficient (Wildman–Crippen LogP) is 5.13. The van der Waals surface area contributed by atoms with Gasteiger partial charge in [-0.15, -0.1) is 12.4 Å². The van der Waals surface area contributed by atoms with Crippen molar-refractivity contribution in [2.75, 3.05) is 13.1 Å². The van der Waals surface area contributed by atoms with Gasteiger partial charge >= 0.3 is 12.4 Å². The topological polar surface area (TPSA) is 51.0 Å². The lowest BCUT2D eigenvalue weighted by Crippen LogP contribution is -2.36. The molecule has 156 valence electrons. The number of nitrogens with zero attached hydrogens (tertiary/aromatic N) is 2. The molecule has 0 aliphatic carbocycles. The summed E-state index contributed by atoms with van der Waals surface area (Å²) in [5.74, 6) is -0.0977. The molecule has 11 heteroatoms. The maximum absolute atomic E-state index is 13.0. The fraction of sp³-hybridized carbons (Fsp3) is 0.529. The minimum Gasteiger partial charge on any atom is -0.339 e. The molecule has 0 unspecified atom stereocenters. The molecule has 1 N–H and O–H groups in total. The molecule has 0 amide bonds. The highest BCUT2D eigenvalue weighted by molar-refractivity contribution is 5.85. The lowest BCUT2D eigenvalue weighted by molar-refractivity contribution is -0.143. The molecule has 2 heterocycles. The van der Waals surface area contributed by atoms with Crippen LogP contribution in [0.15, 0.2) is 22.7 Å². The highest BCUT2D eigenvalue weighted by Gasteiger charge is 2.37. The summed E-state index contributed by atoms with van der Waals surface area (Å²) in [7, 11) is 0. The van der Waals surface area contributed by atoms with Gasteiger partial charge in [0.15, 0.2) is 0 Å². The SMILES string of the molecule is CC1(Cc2nc(-c3cc(C(F)(F)F)cc(C(F)(F)F)c3)no2)CCNCC1.Cl. The van der Waals surface area contributed by atoms with Crippen molar-refractivity contribution in [3.8, 4) is 11.4 Å². The molecule has 4 nitrogen and oxygen atoms in total. The number of hydrogen-bond donors (Lipinski definition) is 1. The van der Waals surface area contributed by atoms with Gasteiger partial charge in [0.05, 0.1) is 11.1 Å². The van der Waals surface area contributed by atoms with Crippen LogP contribution in [0, 0.1) is 5.41 Å². The van der Waals surface area contributed by atoms with Crippen molar-refractivity contribution in [1.82, 2.24) is 15.5 Å². The van der Waals surface area contributed by atoms with E-state index in [0.717, 1.165) is 25.9 Å². The molecule has 1 aliphatic heterocycles. The van der Waals surface area contributed by atoms with Gasteiger partial charge in [0.25, 0.3) is 0 Å². The Kier molecular flexibility index (Phi) is 6.34. The largest absolute Gasteiger partial charge is 0.416 e. The third-order valence-corrected chi connectivity index (χ3v) is 4.70. The van der Waals surface area contributed by atoms with Crippen molar-refractivity contribution in [3.63, 3.8) is 0 Å². The highest BCUT2D eigenvalue weighted by atomic mass is 35.5. The molecule has 0 spiro atoms. The fourth-order valence-electron chi connectivity index (χ4n) is 3.10. The second-order valence-electron chi connectivity index (χ2n) is 7.04. The second-order valence-corrected chi connectivity index (χ2v) is 7.04. The number of aromatic nitrogens is 2. The Bertz CT molecular complexity index is 780. The van der Waals surface area contributed by atoms with E-state index in [1.165, 1.54) is 0 Å². The number of hydrogen-bond acceptors (Lipinski definition) is 4. The van der Waals surface area contributed by atoms with Gasteiger partial charge in [-0.05, 0) is 49.5 Å². The van der Waals surface area contributed by atoms with Crippen molar-refractivity contribution < 1.29 is 30.9 Å². The van der Waals surface area contributed by atoms with E-state index in [2.05, 4.69) is 15.5 Å². The zero-order chi connectivity index (χ0) is 19.9. The van der Waals surface area contributed by atoms with Crippen LogP contribution in [0.2, 0.25) is 0 Å². The van der Waals surface area contributed by atoms with Gasteiger partial charge in [0, 0.05) is 12.0 Å². The van der Waals surface area contributed by atoms with E-state index in [9.17, 15) is 26.3 Å². The van der Waals surface area contributed by atoms with Crippen LogP contribution in [0.1, 0.15) is 36.8 Å². The van der Waals surface area contributed by atoms with Crippen molar-refractivity contribution in [2.24, 2.45) is 5.41 Å². The van der Waals surface area contributed by atoms with Gasteiger partial charge in [-0.3, -0.25) is 0 Å². The summed E-state index contributed by atoms with van der Waals surface area (Å²) in [6, 6.07) is 1.26. The molecule has 1 aliphatic rings. The molecule has 1 saturated heterocycles. The average molecular weight is 430 g/mol. The van der Waals surface area contributed by atoms with Crippen LogP contribution in [-0.4, -0.2) is 23.2 Å². The molecule has 1 aromatic carbocycles. The second kappa shape index (κ2) is 7.90. The standard InChI is InChI=1S/C17H17F6N3O.ClH/c1-15(2-4-24-5-3-15)9-13-25-14(26-27-13)10-6-11(16(18,19)20)8-12(7-10)17(21,22)23;/h6-8,24H,2-5,9H2,1H3;1H. The molecular weight excluding hydrogens is 412 g/mol. The average Bonchev–Trinajstić information content (AvgIpc) is 3.01. The Balaban J connectivity index is 0.00000280. The summed E-state index contributed by atoms with van der Waals surface area (Å²) in [6.07, 6.45) is -7.73. The summed E-state index contributed by atoms with van der Waals surface area (Å²) in [5, 5.41) is 6.81. The highest BCUT2D eigenvalue weighted by Crippen LogP contribution is 2.38. The molecule has 3 rings (SSSR count). The number of benzene rings is 1. The first-order chi connectivity index (χ1) is 12.5. The third-order valence-electron chi connectivity index (χ3n) is 4.70. The van der Waals surface area contributed by atoms with Gasteiger partial charge in [-0.2, -0.15) is 31.3 Å².